The molecule has 0 aromatic carbocycles. The fourth-order valence-corrected chi connectivity index (χ4v) is 1.92. The van der Waals surface area contributed by atoms with E-state index in [4.69, 9.17) is 27.9 Å². The van der Waals surface area contributed by atoms with Crippen LogP contribution in [-0.2, 0) is 9.53 Å². The Hall–Kier alpha value is -0.0500. The summed E-state index contributed by atoms with van der Waals surface area (Å²) in [5.41, 5.74) is 0. The van der Waals surface area contributed by atoms with Gasteiger partial charge in [0.05, 0.1) is 0 Å². The molecule has 0 aromatic heterocycles. The third-order valence-electron chi connectivity index (χ3n) is 1.93. The summed E-state index contributed by atoms with van der Waals surface area (Å²) in [6.45, 7) is 0. The van der Waals surface area contributed by atoms with Crippen molar-refractivity contribution in [2.45, 2.75) is 23.0 Å². The molecule has 2 rings (SSSR count). The van der Waals surface area contributed by atoms with Gasteiger partial charge in [-0.15, -0.1) is 23.2 Å². The molecule has 11 heavy (non-hydrogen) atoms. The number of rotatable bonds is 0. The smallest absolute Gasteiger partial charge is 0.174 e. The van der Waals surface area contributed by atoms with Crippen molar-refractivity contribution >= 4 is 29.0 Å². The Labute approximate surface area is 74.1 Å². The highest BCUT2D eigenvalue weighted by molar-refractivity contribution is 6.41. The van der Waals surface area contributed by atoms with Crippen molar-refractivity contribution < 1.29 is 9.53 Å². The molecule has 0 aromatic rings. The van der Waals surface area contributed by atoms with Crippen LogP contribution in [0.5, 0.6) is 0 Å². The number of ketones is 1. The fraction of sp³-hybridized carbons (Fsp3) is 0.571. The van der Waals surface area contributed by atoms with E-state index in [1.807, 2.05) is 0 Å². The minimum absolute atomic E-state index is 0.125. The zero-order chi connectivity index (χ0) is 8.01. The van der Waals surface area contributed by atoms with E-state index in [9.17, 15) is 4.79 Å². The largest absolute Gasteiger partial charge is 0.363 e. The highest BCUT2D eigenvalue weighted by Crippen LogP contribution is 2.31. The van der Waals surface area contributed by atoms with Crippen molar-refractivity contribution in [3.63, 3.8) is 0 Å². The summed E-state index contributed by atoms with van der Waals surface area (Å²) in [7, 11) is 0. The van der Waals surface area contributed by atoms with Crippen LogP contribution in [0.1, 0.15) is 0 Å². The summed E-state index contributed by atoms with van der Waals surface area (Å²) in [4.78, 5) is 11.2. The molecular weight excluding hydrogens is 187 g/mol. The Morgan fingerprint density at radius 2 is 1.64 bits per heavy atom. The molecule has 60 valence electrons. The summed E-state index contributed by atoms with van der Waals surface area (Å²) in [5.74, 6) is -0.125. The summed E-state index contributed by atoms with van der Waals surface area (Å²) in [6.07, 6.45) is 3.07. The van der Waals surface area contributed by atoms with Crippen LogP contribution < -0.4 is 0 Å². The van der Waals surface area contributed by atoms with Gasteiger partial charge in [-0.2, -0.15) is 0 Å². The van der Waals surface area contributed by atoms with E-state index in [-0.39, 0.29) is 18.0 Å². The lowest BCUT2D eigenvalue weighted by Gasteiger charge is -2.27. The molecule has 1 saturated heterocycles. The summed E-state index contributed by atoms with van der Waals surface area (Å²) < 4.78 is 5.30. The Kier molecular flexibility index (Phi) is 1.71. The lowest BCUT2D eigenvalue weighted by molar-refractivity contribution is -0.127. The predicted molar refractivity (Wildman–Crippen MR) is 42.1 cm³/mol. The Balaban J connectivity index is 2.29. The van der Waals surface area contributed by atoms with Crippen molar-refractivity contribution in [3.8, 4) is 0 Å². The molecule has 1 fully saturated rings. The van der Waals surface area contributed by atoms with Gasteiger partial charge < -0.3 is 4.74 Å². The number of halogens is 2. The van der Waals surface area contributed by atoms with Crippen molar-refractivity contribution in [2.75, 3.05) is 0 Å². The van der Waals surface area contributed by atoms with Gasteiger partial charge in [0.15, 0.2) is 5.78 Å². The number of fused-ring (bicyclic) bond motifs is 2. The quantitative estimate of drug-likeness (QED) is 0.425. The molecule has 2 heterocycles. The summed E-state index contributed by atoms with van der Waals surface area (Å²) in [6, 6.07) is 0. The van der Waals surface area contributed by atoms with E-state index in [0.29, 0.717) is 0 Å². The maximum atomic E-state index is 11.2. The van der Waals surface area contributed by atoms with Crippen molar-refractivity contribution in [1.82, 2.24) is 0 Å². The minimum Gasteiger partial charge on any atom is -0.363 e. The van der Waals surface area contributed by atoms with Crippen LogP contribution in [0.4, 0.5) is 0 Å². The average Bonchev–Trinajstić information content (AvgIpc) is 2.44. The van der Waals surface area contributed by atoms with E-state index in [1.54, 1.807) is 12.2 Å². The van der Waals surface area contributed by atoms with Crippen LogP contribution in [0.25, 0.3) is 0 Å². The SMILES string of the molecule is O=C1C(Cl)C2C=CC(O2)C1Cl. The number of hydrogen-bond acceptors (Lipinski definition) is 2. The molecule has 0 amide bonds. The standard InChI is InChI=1S/C7H6Cl2O2/c8-5-3-1-2-4(11-3)6(9)7(5)10/h1-6H. The molecule has 0 spiro atoms. The van der Waals surface area contributed by atoms with E-state index in [0.717, 1.165) is 0 Å². The fourth-order valence-electron chi connectivity index (χ4n) is 1.30. The third kappa shape index (κ3) is 1.01. The molecule has 2 aliphatic heterocycles. The van der Waals surface area contributed by atoms with Crippen LogP contribution in [0.15, 0.2) is 12.2 Å². The first kappa shape index (κ1) is 7.59. The van der Waals surface area contributed by atoms with Crippen molar-refractivity contribution in [3.05, 3.63) is 12.2 Å². The van der Waals surface area contributed by atoms with Gasteiger partial charge >= 0.3 is 0 Å². The first-order chi connectivity index (χ1) is 5.20. The second-order valence-corrected chi connectivity index (χ2v) is 3.60. The van der Waals surface area contributed by atoms with Crippen LogP contribution in [0, 0.1) is 0 Å². The normalized spacial score (nSPS) is 48.4. The molecule has 2 nitrogen and oxygen atoms in total. The van der Waals surface area contributed by atoms with Crippen molar-refractivity contribution in [1.29, 1.82) is 0 Å². The molecule has 0 radical (unpaired) electrons. The topological polar surface area (TPSA) is 26.3 Å². The number of hydrogen-bond donors (Lipinski definition) is 0. The Morgan fingerprint density at radius 1 is 1.18 bits per heavy atom. The van der Waals surface area contributed by atoms with Crippen molar-refractivity contribution in [2.24, 2.45) is 0 Å². The molecule has 4 unspecified atom stereocenters. The van der Waals surface area contributed by atoms with Gasteiger partial charge in [0.2, 0.25) is 0 Å². The summed E-state index contributed by atoms with van der Waals surface area (Å²) >= 11 is 11.5. The molecule has 0 saturated carbocycles. The lowest BCUT2D eigenvalue weighted by atomic mass is 10.1. The monoisotopic (exact) mass is 192 g/mol. The molecular formula is C7H6Cl2O2. The number of carbonyl (C=O) groups is 1. The predicted octanol–water partition coefficient (Wildman–Crippen LogP) is 1.11. The van der Waals surface area contributed by atoms with Gasteiger partial charge in [0, 0.05) is 0 Å². The van der Waals surface area contributed by atoms with Gasteiger partial charge in [-0.25, -0.2) is 0 Å². The lowest BCUT2D eigenvalue weighted by Crippen LogP contribution is -2.45. The van der Waals surface area contributed by atoms with E-state index in [1.165, 1.54) is 0 Å². The molecule has 2 bridgehead atoms. The molecule has 4 atom stereocenters. The van der Waals surface area contributed by atoms with Gasteiger partial charge in [-0.3, -0.25) is 4.79 Å². The molecule has 0 aliphatic carbocycles. The van der Waals surface area contributed by atoms with Crippen LogP contribution in [-0.4, -0.2) is 28.7 Å². The Morgan fingerprint density at radius 3 is 2.09 bits per heavy atom. The second kappa shape index (κ2) is 2.47. The number of Topliss-reactive ketones (excluding diaryl/α,β-unsaturated/α-hetero) is 1. The highest BCUT2D eigenvalue weighted by Gasteiger charge is 2.44. The maximum Gasteiger partial charge on any atom is 0.174 e. The summed E-state index contributed by atoms with van der Waals surface area (Å²) in [5, 5.41) is -1.21. The Bertz CT molecular complexity index is 206. The minimum atomic E-state index is -0.604. The molecule has 4 heteroatoms. The number of carbonyl (C=O) groups excluding carboxylic acids is 1. The number of ether oxygens (including phenoxy) is 1. The zero-order valence-corrected chi connectivity index (χ0v) is 7.05. The average molecular weight is 193 g/mol. The van der Waals surface area contributed by atoms with Crippen LogP contribution >= 0.6 is 23.2 Å². The van der Waals surface area contributed by atoms with Gasteiger partial charge in [-0.05, 0) is 0 Å². The van der Waals surface area contributed by atoms with E-state index >= 15 is 0 Å². The maximum absolute atomic E-state index is 11.2. The van der Waals surface area contributed by atoms with E-state index < -0.39 is 10.8 Å². The molecule has 2 aliphatic rings. The molecule has 0 N–H and O–H groups in total. The first-order valence-electron chi connectivity index (χ1n) is 3.36. The zero-order valence-electron chi connectivity index (χ0n) is 5.54. The van der Waals surface area contributed by atoms with Gasteiger partial charge in [0.1, 0.15) is 23.0 Å². The van der Waals surface area contributed by atoms with Gasteiger partial charge in [-0.1, -0.05) is 12.2 Å². The highest BCUT2D eigenvalue weighted by atomic mass is 35.5. The van der Waals surface area contributed by atoms with Crippen LogP contribution in [0.2, 0.25) is 0 Å². The van der Waals surface area contributed by atoms with E-state index in [2.05, 4.69) is 0 Å². The van der Waals surface area contributed by atoms with Gasteiger partial charge in [0.25, 0.3) is 0 Å². The number of alkyl halides is 2. The third-order valence-corrected chi connectivity index (χ3v) is 2.85. The second-order valence-electron chi connectivity index (χ2n) is 2.66. The van der Waals surface area contributed by atoms with Crippen LogP contribution in [0.3, 0.4) is 0 Å². The first-order valence-corrected chi connectivity index (χ1v) is 4.23.